The quantitative estimate of drug-likeness (QED) is 0.759. The van der Waals surface area contributed by atoms with Crippen LogP contribution in [0.1, 0.15) is 33.6 Å². The molecule has 4 nitrogen and oxygen atoms in total. The highest BCUT2D eigenvalue weighted by Crippen LogP contribution is 2.19. The van der Waals surface area contributed by atoms with E-state index in [1.807, 2.05) is 20.8 Å². The Morgan fingerprint density at radius 2 is 2.25 bits per heavy atom. The maximum Gasteiger partial charge on any atom is 0.250 e. The van der Waals surface area contributed by atoms with Gasteiger partial charge in [0.05, 0.1) is 12.2 Å². The van der Waals surface area contributed by atoms with Gasteiger partial charge in [0.15, 0.2) is 0 Å². The third-order valence-electron chi connectivity index (χ3n) is 2.74. The highest BCUT2D eigenvalue weighted by molar-refractivity contribution is 5.93. The van der Waals surface area contributed by atoms with Crippen LogP contribution in [0.15, 0.2) is 11.3 Å². The van der Waals surface area contributed by atoms with E-state index in [9.17, 15) is 4.79 Å². The fourth-order valence-corrected chi connectivity index (χ4v) is 1.49. The average molecular weight is 227 g/mol. The molecule has 0 atom stereocenters. The van der Waals surface area contributed by atoms with Gasteiger partial charge in [0.25, 0.3) is 5.91 Å². The van der Waals surface area contributed by atoms with Crippen molar-refractivity contribution >= 4 is 5.91 Å². The number of carbonyl (C=O) groups excluding carboxylic acids is 1. The van der Waals surface area contributed by atoms with Crippen molar-refractivity contribution in [1.82, 2.24) is 5.32 Å². The maximum absolute atomic E-state index is 11.8. The topological polar surface area (TPSA) is 58.6 Å². The standard InChI is InChI=1S/C12H21NO3/c1-9-10(5-4-6-16-9)11(15)13-7-12(2,3)8-14/h14H,4-8H2,1-3H3,(H,13,15). The number of nitrogens with one attached hydrogen (secondary N) is 1. The maximum atomic E-state index is 11.8. The van der Waals surface area contributed by atoms with Gasteiger partial charge in [-0.2, -0.15) is 0 Å². The van der Waals surface area contributed by atoms with Gasteiger partial charge in [0.1, 0.15) is 5.76 Å². The molecule has 1 aliphatic rings. The molecule has 0 saturated heterocycles. The molecule has 0 radical (unpaired) electrons. The summed E-state index contributed by atoms with van der Waals surface area (Å²) >= 11 is 0. The molecule has 0 aromatic rings. The first-order valence-electron chi connectivity index (χ1n) is 5.68. The number of carbonyl (C=O) groups is 1. The smallest absolute Gasteiger partial charge is 0.250 e. The van der Waals surface area contributed by atoms with Crippen LogP contribution >= 0.6 is 0 Å². The van der Waals surface area contributed by atoms with Gasteiger partial charge >= 0.3 is 0 Å². The van der Waals surface area contributed by atoms with Crippen molar-refractivity contribution in [1.29, 1.82) is 0 Å². The van der Waals surface area contributed by atoms with Crippen LogP contribution in [0.25, 0.3) is 0 Å². The van der Waals surface area contributed by atoms with Crippen LogP contribution in [-0.4, -0.2) is 30.8 Å². The molecule has 1 heterocycles. The van der Waals surface area contributed by atoms with Gasteiger partial charge in [-0.25, -0.2) is 0 Å². The number of aliphatic hydroxyl groups is 1. The minimum absolute atomic E-state index is 0.0574. The summed E-state index contributed by atoms with van der Waals surface area (Å²) in [5, 5.41) is 11.9. The molecule has 4 heteroatoms. The Balaban J connectivity index is 2.52. The molecule has 1 amide bonds. The molecule has 1 aliphatic heterocycles. The highest BCUT2D eigenvalue weighted by Gasteiger charge is 2.21. The predicted octanol–water partition coefficient (Wildman–Crippen LogP) is 1.21. The van der Waals surface area contributed by atoms with Gasteiger partial charge in [0, 0.05) is 18.6 Å². The van der Waals surface area contributed by atoms with Crippen molar-refractivity contribution in [3.05, 3.63) is 11.3 Å². The highest BCUT2D eigenvalue weighted by atomic mass is 16.5. The van der Waals surface area contributed by atoms with Crippen molar-refractivity contribution in [3.63, 3.8) is 0 Å². The molecule has 0 aliphatic carbocycles. The Hall–Kier alpha value is -1.03. The predicted molar refractivity (Wildman–Crippen MR) is 61.8 cm³/mol. The third-order valence-corrected chi connectivity index (χ3v) is 2.74. The summed E-state index contributed by atoms with van der Waals surface area (Å²) in [6.45, 7) is 6.87. The van der Waals surface area contributed by atoms with Crippen molar-refractivity contribution in [2.45, 2.75) is 33.6 Å². The second-order valence-corrected chi connectivity index (χ2v) is 4.99. The van der Waals surface area contributed by atoms with Crippen molar-refractivity contribution < 1.29 is 14.6 Å². The molecule has 0 bridgehead atoms. The molecule has 16 heavy (non-hydrogen) atoms. The average Bonchev–Trinajstić information content (AvgIpc) is 2.27. The van der Waals surface area contributed by atoms with Gasteiger partial charge in [-0.15, -0.1) is 0 Å². The summed E-state index contributed by atoms with van der Waals surface area (Å²) in [5.74, 6) is 0.657. The minimum atomic E-state index is -0.278. The lowest BCUT2D eigenvalue weighted by atomic mass is 9.94. The fourth-order valence-electron chi connectivity index (χ4n) is 1.49. The van der Waals surface area contributed by atoms with Crippen LogP contribution in [0, 0.1) is 5.41 Å². The molecule has 0 unspecified atom stereocenters. The summed E-state index contributed by atoms with van der Waals surface area (Å²) in [6, 6.07) is 0. The number of allylic oxidation sites excluding steroid dienone is 1. The van der Waals surface area contributed by atoms with E-state index in [1.54, 1.807) is 0 Å². The first kappa shape index (κ1) is 13.0. The zero-order valence-corrected chi connectivity index (χ0v) is 10.3. The molecular weight excluding hydrogens is 206 g/mol. The monoisotopic (exact) mass is 227 g/mol. The summed E-state index contributed by atoms with van der Waals surface area (Å²) in [5.41, 5.74) is 0.458. The van der Waals surface area contributed by atoms with E-state index in [-0.39, 0.29) is 17.9 Å². The van der Waals surface area contributed by atoms with Crippen LogP contribution in [0.4, 0.5) is 0 Å². The summed E-state index contributed by atoms with van der Waals surface area (Å²) in [7, 11) is 0. The zero-order valence-electron chi connectivity index (χ0n) is 10.3. The van der Waals surface area contributed by atoms with E-state index in [4.69, 9.17) is 9.84 Å². The minimum Gasteiger partial charge on any atom is -0.498 e. The van der Waals surface area contributed by atoms with E-state index in [2.05, 4.69) is 5.32 Å². The molecule has 0 aromatic carbocycles. The van der Waals surface area contributed by atoms with Gasteiger partial charge < -0.3 is 15.2 Å². The second kappa shape index (κ2) is 5.34. The third kappa shape index (κ3) is 3.52. The number of aliphatic hydroxyl groups excluding tert-OH is 1. The lowest BCUT2D eigenvalue weighted by molar-refractivity contribution is -0.118. The summed E-state index contributed by atoms with van der Waals surface area (Å²) in [6.07, 6.45) is 1.67. The number of amides is 1. The SMILES string of the molecule is CC1=C(C(=O)NCC(C)(C)CO)CCCO1. The number of hydrogen-bond acceptors (Lipinski definition) is 3. The van der Waals surface area contributed by atoms with Crippen molar-refractivity contribution in [3.8, 4) is 0 Å². The Bertz CT molecular complexity index is 295. The fraction of sp³-hybridized carbons (Fsp3) is 0.750. The van der Waals surface area contributed by atoms with Gasteiger partial charge in [-0.1, -0.05) is 13.8 Å². The van der Waals surface area contributed by atoms with Gasteiger partial charge in [-0.3, -0.25) is 4.79 Å². The summed E-state index contributed by atoms with van der Waals surface area (Å²) < 4.78 is 5.34. The van der Waals surface area contributed by atoms with E-state index in [0.717, 1.165) is 24.2 Å². The largest absolute Gasteiger partial charge is 0.498 e. The van der Waals surface area contributed by atoms with E-state index in [0.29, 0.717) is 13.2 Å². The molecular formula is C12H21NO3. The molecule has 92 valence electrons. The number of ether oxygens (including phenoxy) is 1. The molecule has 0 saturated carbocycles. The van der Waals surface area contributed by atoms with E-state index < -0.39 is 0 Å². The zero-order chi connectivity index (χ0) is 12.2. The lowest BCUT2D eigenvalue weighted by Gasteiger charge is -2.24. The van der Waals surface area contributed by atoms with E-state index >= 15 is 0 Å². The first-order chi connectivity index (χ1) is 7.46. The summed E-state index contributed by atoms with van der Waals surface area (Å²) in [4.78, 5) is 11.8. The molecule has 0 aromatic heterocycles. The molecule has 2 N–H and O–H groups in total. The number of hydrogen-bond donors (Lipinski definition) is 2. The van der Waals surface area contributed by atoms with Crippen LogP contribution in [0.2, 0.25) is 0 Å². The van der Waals surface area contributed by atoms with Crippen LogP contribution in [0.5, 0.6) is 0 Å². The van der Waals surface area contributed by atoms with Crippen molar-refractivity contribution in [2.24, 2.45) is 5.41 Å². The Morgan fingerprint density at radius 3 is 2.81 bits per heavy atom. The Morgan fingerprint density at radius 1 is 1.56 bits per heavy atom. The second-order valence-electron chi connectivity index (χ2n) is 4.99. The van der Waals surface area contributed by atoms with Crippen LogP contribution in [0.3, 0.4) is 0 Å². The lowest BCUT2D eigenvalue weighted by Crippen LogP contribution is -2.37. The Kier molecular flexibility index (Phi) is 4.35. The van der Waals surface area contributed by atoms with Crippen molar-refractivity contribution in [2.75, 3.05) is 19.8 Å². The van der Waals surface area contributed by atoms with E-state index in [1.165, 1.54) is 0 Å². The van der Waals surface area contributed by atoms with Gasteiger partial charge in [0.2, 0.25) is 0 Å². The molecule has 1 rings (SSSR count). The molecule has 0 spiro atoms. The normalized spacial score (nSPS) is 17.0. The van der Waals surface area contributed by atoms with Gasteiger partial charge in [-0.05, 0) is 19.8 Å². The molecule has 0 fully saturated rings. The first-order valence-corrected chi connectivity index (χ1v) is 5.68. The number of rotatable bonds is 4. The van der Waals surface area contributed by atoms with Crippen LogP contribution in [-0.2, 0) is 9.53 Å². The van der Waals surface area contributed by atoms with Crippen LogP contribution < -0.4 is 5.32 Å². The Labute approximate surface area is 96.7 Å².